The van der Waals surface area contributed by atoms with Crippen molar-refractivity contribution < 1.29 is 31.1 Å². The van der Waals surface area contributed by atoms with Crippen molar-refractivity contribution in [1.82, 2.24) is 15.2 Å². The summed E-state index contributed by atoms with van der Waals surface area (Å²) >= 11 is 0. The van der Waals surface area contributed by atoms with Gasteiger partial charge in [-0.2, -0.15) is 32.2 Å². The van der Waals surface area contributed by atoms with Crippen LogP contribution in [-0.4, -0.2) is 33.5 Å². The molecule has 2 fully saturated rings. The van der Waals surface area contributed by atoms with E-state index in [1.807, 2.05) is 0 Å². The van der Waals surface area contributed by atoms with Crippen LogP contribution >= 0.6 is 0 Å². The van der Waals surface area contributed by atoms with Crippen molar-refractivity contribution in [2.24, 2.45) is 21.8 Å². The fraction of sp³-hybridized carbons (Fsp3) is 0.560. The Balaban J connectivity index is 1.44. The molecule has 6 nitrogen and oxygen atoms in total. The number of alkyl halides is 5. The van der Waals surface area contributed by atoms with E-state index in [2.05, 4.69) is 41.7 Å². The fourth-order valence-electron chi connectivity index (χ4n) is 6.09. The lowest BCUT2D eigenvalue weighted by molar-refractivity contribution is -0.301. The van der Waals surface area contributed by atoms with Gasteiger partial charge in [0.05, 0.1) is 6.04 Å². The highest BCUT2D eigenvalue weighted by Crippen LogP contribution is 2.64. The zero-order chi connectivity index (χ0) is 27.0. The zero-order valence-electron chi connectivity index (χ0n) is 20.5. The molecule has 2 saturated carbocycles. The molecule has 12 heteroatoms. The minimum atomic E-state index is -5.84. The van der Waals surface area contributed by atoms with Crippen molar-refractivity contribution >= 4 is 17.4 Å². The van der Waals surface area contributed by atoms with E-state index in [-0.39, 0.29) is 22.3 Å². The van der Waals surface area contributed by atoms with Crippen LogP contribution in [0.2, 0.25) is 0 Å². The summed E-state index contributed by atoms with van der Waals surface area (Å²) in [7, 11) is 0. The fourth-order valence-corrected chi connectivity index (χ4v) is 6.09. The lowest BCUT2D eigenvalue weighted by atomic mass is 9.70. The summed E-state index contributed by atoms with van der Waals surface area (Å²) < 4.78 is 83.2. The van der Waals surface area contributed by atoms with Gasteiger partial charge < -0.3 is 5.32 Å². The first-order chi connectivity index (χ1) is 17.1. The van der Waals surface area contributed by atoms with Crippen LogP contribution in [-0.2, 0) is 0 Å². The molecule has 0 radical (unpaired) electrons. The Morgan fingerprint density at radius 2 is 1.84 bits per heavy atom. The number of hydrogen-bond donors (Lipinski definition) is 2. The smallest absolute Gasteiger partial charge is 0.363 e. The number of fused-ring (bicyclic) bond motifs is 3. The molecule has 37 heavy (non-hydrogen) atoms. The average molecular weight is 528 g/mol. The largest absolute Gasteiger partial charge is 0.455 e. The Hall–Kier alpha value is -3.05. The summed E-state index contributed by atoms with van der Waals surface area (Å²) in [4.78, 5) is 12.9. The molecule has 2 aromatic rings. The van der Waals surface area contributed by atoms with Gasteiger partial charge >= 0.3 is 12.1 Å². The number of amides is 1. The molecule has 0 spiro atoms. The predicted molar refractivity (Wildman–Crippen MR) is 124 cm³/mol. The third kappa shape index (κ3) is 3.90. The van der Waals surface area contributed by atoms with Crippen LogP contribution < -0.4 is 10.7 Å². The van der Waals surface area contributed by atoms with Gasteiger partial charge in [-0.05, 0) is 48.3 Å². The monoisotopic (exact) mass is 527 g/mol. The van der Waals surface area contributed by atoms with Crippen molar-refractivity contribution in [3.05, 3.63) is 47.4 Å². The number of halogens is 6. The first kappa shape index (κ1) is 25.6. The van der Waals surface area contributed by atoms with E-state index < -0.39 is 42.3 Å². The molecule has 0 unspecified atom stereocenters. The van der Waals surface area contributed by atoms with Gasteiger partial charge in [0.1, 0.15) is 17.7 Å². The van der Waals surface area contributed by atoms with Gasteiger partial charge in [0.2, 0.25) is 0 Å². The molecule has 5 rings (SSSR count). The predicted octanol–water partition coefficient (Wildman–Crippen LogP) is 6.25. The number of aromatic nitrogens is 2. The second-order valence-corrected chi connectivity index (χ2v) is 11.0. The maximum atomic E-state index is 14.6. The van der Waals surface area contributed by atoms with Gasteiger partial charge in [-0.25, -0.2) is 14.5 Å². The number of hydrogen-bond acceptors (Lipinski definition) is 4. The van der Waals surface area contributed by atoms with E-state index in [4.69, 9.17) is 0 Å². The second kappa shape index (κ2) is 8.22. The van der Waals surface area contributed by atoms with E-state index in [0.29, 0.717) is 16.2 Å². The molecule has 3 aliphatic rings. The minimum Gasteiger partial charge on any atom is -0.363 e. The summed E-state index contributed by atoms with van der Waals surface area (Å²) in [6.07, 6.45) is -3.81. The molecule has 0 saturated heterocycles. The van der Waals surface area contributed by atoms with Crippen LogP contribution in [0.1, 0.15) is 74.6 Å². The number of hydrazone groups is 1. The van der Waals surface area contributed by atoms with Gasteiger partial charge in [-0.1, -0.05) is 32.9 Å². The summed E-state index contributed by atoms with van der Waals surface area (Å²) in [5, 5.41) is 11.0. The Kier molecular flexibility index (Phi) is 5.69. The van der Waals surface area contributed by atoms with Crippen molar-refractivity contribution in [2.45, 2.75) is 70.6 Å². The zero-order valence-corrected chi connectivity index (χ0v) is 20.5. The van der Waals surface area contributed by atoms with Crippen molar-refractivity contribution in [2.75, 3.05) is 5.32 Å². The standard InChI is InChI=1S/C25H27F6N5O/c1-22(2)14-8-9-23(22,3)18(10-14)33-34-21(37)17-12-20-32-16(13-4-6-15(26)7-5-13)11-19(36(20)35-17)24(27,28)25(29,30)31/h4-7,12,14,16,19,32H,8-11H2,1-3H3,(H,34,37)/b33-18+/t14-,16+,19-,23-/m0/s1. The number of carbonyl (C=O) groups excluding carboxylic acids is 1. The van der Waals surface area contributed by atoms with Crippen molar-refractivity contribution in [3.63, 3.8) is 0 Å². The molecule has 1 amide bonds. The van der Waals surface area contributed by atoms with Crippen LogP contribution in [0.5, 0.6) is 0 Å². The number of nitrogens with zero attached hydrogens (tertiary/aromatic N) is 3. The maximum absolute atomic E-state index is 14.6. The van der Waals surface area contributed by atoms with E-state index in [1.165, 1.54) is 12.1 Å². The molecule has 2 N–H and O–H groups in total. The van der Waals surface area contributed by atoms with Crippen LogP contribution in [0.4, 0.5) is 32.2 Å². The van der Waals surface area contributed by atoms with Crippen molar-refractivity contribution in [1.29, 1.82) is 0 Å². The van der Waals surface area contributed by atoms with Crippen molar-refractivity contribution in [3.8, 4) is 0 Å². The molecule has 1 aromatic heterocycles. The maximum Gasteiger partial charge on any atom is 0.455 e. The van der Waals surface area contributed by atoms with Gasteiger partial charge in [0.15, 0.2) is 5.69 Å². The SMILES string of the molecule is CC1(C)[C@H]2CC[C@@]1(C)/C(=N/NC(=O)c1cc3n(n1)[C@H](C(F)(F)C(F)(F)F)C[C@H](c1ccc(F)cc1)N3)C2. The van der Waals surface area contributed by atoms with Crippen LogP contribution in [0, 0.1) is 22.6 Å². The van der Waals surface area contributed by atoms with E-state index in [1.54, 1.807) is 0 Å². The Morgan fingerprint density at radius 1 is 1.16 bits per heavy atom. The molecule has 1 aliphatic heterocycles. The van der Waals surface area contributed by atoms with Crippen LogP contribution in [0.15, 0.2) is 35.4 Å². The van der Waals surface area contributed by atoms with E-state index in [9.17, 15) is 31.1 Å². The van der Waals surface area contributed by atoms with Gasteiger partial charge in [0.25, 0.3) is 5.91 Å². The lowest BCUT2D eigenvalue weighted by Gasteiger charge is -2.37. The first-order valence-electron chi connectivity index (χ1n) is 12.1. The van der Waals surface area contributed by atoms with Gasteiger partial charge in [-0.3, -0.25) is 4.79 Å². The molecule has 2 heterocycles. The highest BCUT2D eigenvalue weighted by atomic mass is 19.4. The average Bonchev–Trinajstić information content (AvgIpc) is 3.41. The highest BCUT2D eigenvalue weighted by molar-refractivity contribution is 5.97. The number of anilines is 1. The van der Waals surface area contributed by atoms with Gasteiger partial charge in [-0.15, -0.1) is 0 Å². The van der Waals surface area contributed by atoms with Gasteiger partial charge in [0, 0.05) is 23.6 Å². The number of benzene rings is 1. The molecular formula is C25H27F6N5O. The molecule has 200 valence electrons. The van der Waals surface area contributed by atoms with E-state index in [0.717, 1.165) is 43.2 Å². The van der Waals surface area contributed by atoms with Crippen LogP contribution in [0.25, 0.3) is 0 Å². The molecular weight excluding hydrogens is 500 g/mol. The molecule has 1 aromatic carbocycles. The third-order valence-electron chi connectivity index (χ3n) is 8.92. The third-order valence-corrected chi connectivity index (χ3v) is 8.92. The van der Waals surface area contributed by atoms with Crippen LogP contribution in [0.3, 0.4) is 0 Å². The molecule has 2 aliphatic carbocycles. The normalized spacial score (nSPS) is 29.8. The Morgan fingerprint density at radius 3 is 2.41 bits per heavy atom. The topological polar surface area (TPSA) is 71.3 Å². The van der Waals surface area contributed by atoms with E-state index >= 15 is 0 Å². The highest BCUT2D eigenvalue weighted by Gasteiger charge is 2.64. The number of nitrogens with one attached hydrogen (secondary N) is 2. The lowest BCUT2D eigenvalue weighted by Crippen LogP contribution is -2.47. The summed E-state index contributed by atoms with van der Waals surface area (Å²) in [6, 6.07) is 2.51. The number of carbonyl (C=O) groups is 1. The number of rotatable bonds is 4. The summed E-state index contributed by atoms with van der Waals surface area (Å²) in [5.41, 5.74) is 3.06. The quantitative estimate of drug-likeness (QED) is 0.365. The summed E-state index contributed by atoms with van der Waals surface area (Å²) in [5.74, 6) is -6.26. The minimum absolute atomic E-state index is 0.0136. The molecule has 4 atom stereocenters. The Bertz CT molecular complexity index is 1250. The Labute approximate surface area is 209 Å². The first-order valence-corrected chi connectivity index (χ1v) is 12.1. The summed E-state index contributed by atoms with van der Waals surface area (Å²) in [6.45, 7) is 6.44. The second-order valence-electron chi connectivity index (χ2n) is 11.0. The molecule has 2 bridgehead atoms.